The van der Waals surface area contributed by atoms with E-state index < -0.39 is 11.0 Å². The Hall–Kier alpha value is -2.12. The maximum Gasteiger partial charge on any atom is 0.249 e. The third-order valence-corrected chi connectivity index (χ3v) is 4.51. The number of nitrogens with one attached hydrogen (secondary N) is 2. The summed E-state index contributed by atoms with van der Waals surface area (Å²) >= 11 is 6.32. The summed E-state index contributed by atoms with van der Waals surface area (Å²) in [5, 5.41) is 4.52. The summed E-state index contributed by atoms with van der Waals surface area (Å²) < 4.78 is 5.77. The van der Waals surface area contributed by atoms with Crippen LogP contribution < -0.4 is 15.6 Å². The average molecular weight is 410 g/mol. The largest absolute Gasteiger partial charge is 0.492 e. The molecule has 2 rings (SSSR count). The molecule has 0 saturated heterocycles. The molecule has 0 aliphatic carbocycles. The lowest BCUT2D eigenvalue weighted by atomic mass is 9.89. The zero-order valence-electron chi connectivity index (χ0n) is 17.0. The molecule has 8 heteroatoms. The predicted octanol–water partition coefficient (Wildman–Crippen LogP) is 3.60. The summed E-state index contributed by atoms with van der Waals surface area (Å²) in [6, 6.07) is 5.39. The van der Waals surface area contributed by atoms with Gasteiger partial charge in [0.1, 0.15) is 5.75 Å². The van der Waals surface area contributed by atoms with Crippen molar-refractivity contribution in [1.29, 1.82) is 0 Å². The van der Waals surface area contributed by atoms with Crippen LogP contribution in [0.25, 0.3) is 0 Å². The normalized spacial score (nSPS) is 14.9. The molecule has 28 heavy (non-hydrogen) atoms. The van der Waals surface area contributed by atoms with Crippen LogP contribution in [0.15, 0.2) is 23.3 Å². The van der Waals surface area contributed by atoms with Gasteiger partial charge in [-0.25, -0.2) is 10.9 Å². The second-order valence-electron chi connectivity index (χ2n) is 8.37. The molecule has 1 aromatic carbocycles. The van der Waals surface area contributed by atoms with Gasteiger partial charge in [0.15, 0.2) is 0 Å². The highest BCUT2D eigenvalue weighted by molar-refractivity contribution is 6.32. The minimum Gasteiger partial charge on any atom is -0.492 e. The van der Waals surface area contributed by atoms with Gasteiger partial charge in [-0.15, -0.1) is 0 Å². The van der Waals surface area contributed by atoms with Crippen molar-refractivity contribution in [3.05, 3.63) is 28.8 Å². The van der Waals surface area contributed by atoms with Gasteiger partial charge < -0.3 is 4.74 Å². The molecule has 0 radical (unpaired) electrons. The van der Waals surface area contributed by atoms with Gasteiger partial charge in [0.05, 0.1) is 22.9 Å². The Morgan fingerprint density at radius 3 is 2.54 bits per heavy atom. The standard InChI is InChI=1S/C20H28ClN3O4/c1-19(2,3)28-24-18(26)20(4,5)10-11-27-16-8-6-13(12-14(16)21)15-7-9-17(25)23-22-15/h6,8,12H,7,9-11H2,1-5H3,(H,23,25)(H,24,26). The Balaban J connectivity index is 1.90. The first-order chi connectivity index (χ1) is 13.0. The summed E-state index contributed by atoms with van der Waals surface area (Å²) in [5.41, 5.74) is 5.49. The summed E-state index contributed by atoms with van der Waals surface area (Å²) in [7, 11) is 0. The zero-order chi connectivity index (χ0) is 20.9. The minimum atomic E-state index is -0.660. The summed E-state index contributed by atoms with van der Waals surface area (Å²) in [5.74, 6) is 0.243. The second kappa shape index (κ2) is 8.92. The van der Waals surface area contributed by atoms with Crippen molar-refractivity contribution in [3.63, 3.8) is 0 Å². The number of rotatable bonds is 7. The van der Waals surface area contributed by atoms with E-state index in [1.165, 1.54) is 0 Å². The molecule has 0 atom stereocenters. The van der Waals surface area contributed by atoms with E-state index in [4.69, 9.17) is 21.2 Å². The third kappa shape index (κ3) is 6.49. The molecule has 0 spiro atoms. The monoisotopic (exact) mass is 409 g/mol. The van der Waals surface area contributed by atoms with Crippen LogP contribution in [0.4, 0.5) is 0 Å². The Morgan fingerprint density at radius 1 is 1.25 bits per heavy atom. The first-order valence-electron chi connectivity index (χ1n) is 9.24. The number of amides is 2. The highest BCUT2D eigenvalue weighted by Crippen LogP contribution is 2.28. The van der Waals surface area contributed by atoms with Crippen LogP contribution in [-0.4, -0.2) is 29.7 Å². The van der Waals surface area contributed by atoms with E-state index in [0.717, 1.165) is 11.3 Å². The van der Waals surface area contributed by atoms with Crippen LogP contribution in [0.2, 0.25) is 5.02 Å². The molecule has 0 bridgehead atoms. The molecule has 0 aromatic heterocycles. The van der Waals surface area contributed by atoms with Crippen molar-refractivity contribution >= 4 is 29.1 Å². The highest BCUT2D eigenvalue weighted by Gasteiger charge is 2.29. The summed E-state index contributed by atoms with van der Waals surface area (Å²) in [4.78, 5) is 28.8. The van der Waals surface area contributed by atoms with Crippen LogP contribution in [0, 0.1) is 5.41 Å². The van der Waals surface area contributed by atoms with Gasteiger partial charge in [-0.1, -0.05) is 25.4 Å². The number of nitrogens with zero attached hydrogens (tertiary/aromatic N) is 1. The number of benzene rings is 1. The molecule has 0 unspecified atom stereocenters. The van der Waals surface area contributed by atoms with E-state index in [-0.39, 0.29) is 11.8 Å². The predicted molar refractivity (Wildman–Crippen MR) is 108 cm³/mol. The van der Waals surface area contributed by atoms with Gasteiger partial charge in [0.2, 0.25) is 11.8 Å². The lowest BCUT2D eigenvalue weighted by molar-refractivity contribution is -0.154. The Kier molecular flexibility index (Phi) is 7.06. The summed E-state index contributed by atoms with van der Waals surface area (Å²) in [6.45, 7) is 9.58. The van der Waals surface area contributed by atoms with Crippen molar-refractivity contribution in [2.45, 2.75) is 59.5 Å². The van der Waals surface area contributed by atoms with Crippen LogP contribution >= 0.6 is 11.6 Å². The van der Waals surface area contributed by atoms with Gasteiger partial charge in [-0.2, -0.15) is 5.10 Å². The van der Waals surface area contributed by atoms with Crippen molar-refractivity contribution in [3.8, 4) is 5.75 Å². The fourth-order valence-corrected chi connectivity index (χ4v) is 2.58. The van der Waals surface area contributed by atoms with Crippen LogP contribution in [0.5, 0.6) is 5.75 Å². The Bertz CT molecular complexity index is 769. The van der Waals surface area contributed by atoms with E-state index in [9.17, 15) is 9.59 Å². The van der Waals surface area contributed by atoms with Crippen LogP contribution in [0.3, 0.4) is 0 Å². The Morgan fingerprint density at radius 2 is 1.96 bits per heavy atom. The molecule has 154 valence electrons. The van der Waals surface area contributed by atoms with Crippen LogP contribution in [-0.2, 0) is 14.4 Å². The van der Waals surface area contributed by atoms with Crippen molar-refractivity contribution < 1.29 is 19.2 Å². The average Bonchev–Trinajstić information content (AvgIpc) is 2.61. The SMILES string of the molecule is CC(C)(C)ONC(=O)C(C)(C)CCOc1ccc(C2=NNC(=O)CC2)cc1Cl. The minimum absolute atomic E-state index is 0.0886. The van der Waals surface area contributed by atoms with Gasteiger partial charge in [0, 0.05) is 18.3 Å². The Labute approximate surface area is 170 Å². The topological polar surface area (TPSA) is 89.0 Å². The molecule has 1 aromatic rings. The maximum atomic E-state index is 12.3. The number of hydroxylamine groups is 1. The fraction of sp³-hybridized carbons (Fsp3) is 0.550. The molecule has 1 aliphatic rings. The van der Waals surface area contributed by atoms with E-state index >= 15 is 0 Å². The van der Waals surface area contributed by atoms with E-state index in [2.05, 4.69) is 16.0 Å². The molecule has 7 nitrogen and oxygen atoms in total. The number of carbonyl (C=O) groups is 2. The zero-order valence-corrected chi connectivity index (χ0v) is 17.8. The molecule has 2 amide bonds. The van der Waals surface area contributed by atoms with Gasteiger partial charge in [-0.05, 0) is 51.0 Å². The number of hydrogen-bond acceptors (Lipinski definition) is 5. The first-order valence-corrected chi connectivity index (χ1v) is 9.62. The number of carbonyl (C=O) groups excluding carboxylic acids is 2. The molecular formula is C20H28ClN3O4. The lowest BCUT2D eigenvalue weighted by Crippen LogP contribution is -2.41. The lowest BCUT2D eigenvalue weighted by Gasteiger charge is -2.26. The second-order valence-corrected chi connectivity index (χ2v) is 8.77. The van der Waals surface area contributed by atoms with E-state index in [0.29, 0.717) is 36.6 Å². The summed E-state index contributed by atoms with van der Waals surface area (Å²) in [6.07, 6.45) is 1.47. The molecule has 1 heterocycles. The van der Waals surface area contributed by atoms with Crippen molar-refractivity contribution in [2.75, 3.05) is 6.61 Å². The number of hydrazone groups is 1. The third-order valence-electron chi connectivity index (χ3n) is 4.22. The smallest absolute Gasteiger partial charge is 0.249 e. The number of hydrogen-bond donors (Lipinski definition) is 2. The number of ether oxygens (including phenoxy) is 1. The van der Waals surface area contributed by atoms with Crippen molar-refractivity contribution in [1.82, 2.24) is 10.9 Å². The number of halogens is 1. The van der Waals surface area contributed by atoms with Crippen molar-refractivity contribution in [2.24, 2.45) is 10.5 Å². The molecular weight excluding hydrogens is 382 g/mol. The van der Waals surface area contributed by atoms with Gasteiger partial charge >= 0.3 is 0 Å². The quantitative estimate of drug-likeness (QED) is 0.673. The van der Waals surface area contributed by atoms with Gasteiger partial charge in [0.25, 0.3) is 0 Å². The molecule has 0 fully saturated rings. The van der Waals surface area contributed by atoms with E-state index in [1.54, 1.807) is 12.1 Å². The van der Waals surface area contributed by atoms with Crippen LogP contribution in [0.1, 0.15) is 59.4 Å². The molecule has 0 saturated carbocycles. The van der Waals surface area contributed by atoms with Gasteiger partial charge in [-0.3, -0.25) is 14.4 Å². The first kappa shape index (κ1) is 22.2. The fourth-order valence-electron chi connectivity index (χ4n) is 2.35. The molecule has 2 N–H and O–H groups in total. The molecule has 1 aliphatic heterocycles. The highest BCUT2D eigenvalue weighted by atomic mass is 35.5. The maximum absolute atomic E-state index is 12.3. The van der Waals surface area contributed by atoms with E-state index in [1.807, 2.05) is 40.7 Å².